The van der Waals surface area contributed by atoms with Crippen molar-refractivity contribution in [2.45, 2.75) is 203 Å². The Morgan fingerprint density at radius 2 is 1.14 bits per heavy atom. The Morgan fingerprint density at radius 1 is 0.640 bits per heavy atom. The number of ether oxygens (including phenoxy) is 4. The van der Waals surface area contributed by atoms with E-state index in [4.69, 9.17) is 18.9 Å². The molecule has 4 unspecified atom stereocenters. The lowest BCUT2D eigenvalue weighted by Crippen LogP contribution is -2.65. The molecule has 14 heteroatoms. The molecule has 0 aliphatic carbocycles. The van der Waals surface area contributed by atoms with E-state index >= 15 is 0 Å². The van der Waals surface area contributed by atoms with Crippen LogP contribution in [0.2, 0.25) is 0 Å². The number of nitrogens with one attached hydrogen (secondary N) is 1. The van der Waals surface area contributed by atoms with Gasteiger partial charge in [0.15, 0.2) is 12.6 Å². The van der Waals surface area contributed by atoms with Gasteiger partial charge in [0, 0.05) is 6.42 Å². The fourth-order valence-electron chi connectivity index (χ4n) is 6.53. The Bertz CT molecular complexity index is 868. The van der Waals surface area contributed by atoms with Crippen molar-refractivity contribution in [2.24, 2.45) is 0 Å². The summed E-state index contributed by atoms with van der Waals surface area (Å²) in [6.07, 6.45) is 1.65. The molecule has 14 nitrogen and oxygen atoms in total. The second kappa shape index (κ2) is 25.9. The largest absolute Gasteiger partial charge is 0.394 e. The number of rotatable bonds is 27. The normalized spacial score (nSPS) is 31.4. The number of unbranched alkanes of at least 4 members (excludes halogenated alkanes) is 14. The number of carbonyl (C=O) groups excluding carboxylic acids is 1. The molecule has 0 bridgehead atoms. The number of aliphatic hydroxyl groups excluding tert-OH is 8. The molecule has 0 aromatic rings. The molecule has 2 aliphatic rings. The minimum absolute atomic E-state index is 0.218. The third-order valence-electron chi connectivity index (χ3n) is 9.82. The molecule has 0 saturated carbocycles. The van der Waals surface area contributed by atoms with Crippen LogP contribution in [0.15, 0.2) is 0 Å². The molecule has 2 aliphatic heterocycles. The van der Waals surface area contributed by atoms with E-state index in [0.29, 0.717) is 12.8 Å². The van der Waals surface area contributed by atoms with Gasteiger partial charge in [-0.15, -0.1) is 0 Å². The van der Waals surface area contributed by atoms with E-state index in [1.807, 2.05) is 0 Å². The van der Waals surface area contributed by atoms with E-state index in [0.717, 1.165) is 51.4 Å². The number of amides is 1. The zero-order valence-electron chi connectivity index (χ0n) is 30.4. The van der Waals surface area contributed by atoms with Crippen molar-refractivity contribution in [1.29, 1.82) is 0 Å². The Kier molecular flexibility index (Phi) is 23.4. The molecule has 12 atom stereocenters. The van der Waals surface area contributed by atoms with Gasteiger partial charge in [-0.3, -0.25) is 4.79 Å². The van der Waals surface area contributed by atoms with Crippen molar-refractivity contribution in [3.05, 3.63) is 0 Å². The fraction of sp³-hybridized carbons (Fsp3) is 0.972. The Morgan fingerprint density at radius 3 is 1.70 bits per heavy atom. The summed E-state index contributed by atoms with van der Waals surface area (Å²) in [6, 6.07) is -0.815. The van der Waals surface area contributed by atoms with Gasteiger partial charge in [-0.1, -0.05) is 110 Å². The summed E-state index contributed by atoms with van der Waals surface area (Å²) in [6.45, 7) is 2.72. The first-order valence-electron chi connectivity index (χ1n) is 19.3. The predicted molar refractivity (Wildman–Crippen MR) is 185 cm³/mol. The first-order chi connectivity index (χ1) is 24.1. The highest BCUT2D eigenvalue weighted by molar-refractivity contribution is 5.76. The molecule has 0 radical (unpaired) electrons. The lowest BCUT2D eigenvalue weighted by Gasteiger charge is -2.46. The Balaban J connectivity index is 1.96. The third-order valence-corrected chi connectivity index (χ3v) is 9.82. The summed E-state index contributed by atoms with van der Waals surface area (Å²) in [7, 11) is 0. The van der Waals surface area contributed by atoms with Gasteiger partial charge in [0.1, 0.15) is 48.8 Å². The van der Waals surface area contributed by atoms with Crippen molar-refractivity contribution in [2.75, 3.05) is 19.8 Å². The van der Waals surface area contributed by atoms with Crippen LogP contribution in [0.4, 0.5) is 0 Å². The second-order valence-corrected chi connectivity index (χ2v) is 14.1. The molecule has 0 aromatic carbocycles. The van der Waals surface area contributed by atoms with Crippen molar-refractivity contribution in [3.63, 3.8) is 0 Å². The van der Waals surface area contributed by atoms with Crippen molar-refractivity contribution in [1.82, 2.24) is 5.32 Å². The van der Waals surface area contributed by atoms with Crippen LogP contribution in [-0.2, 0) is 23.7 Å². The lowest BCUT2D eigenvalue weighted by molar-refractivity contribution is -0.359. The monoisotopic (exact) mass is 723 g/mol. The summed E-state index contributed by atoms with van der Waals surface area (Å²) in [4.78, 5) is 12.9. The quantitative estimate of drug-likeness (QED) is 0.0549. The highest BCUT2D eigenvalue weighted by Gasteiger charge is 2.50. The van der Waals surface area contributed by atoms with Gasteiger partial charge in [-0.25, -0.2) is 0 Å². The summed E-state index contributed by atoms with van der Waals surface area (Å²) >= 11 is 0. The predicted octanol–water partition coefficient (Wildman–Crippen LogP) is 1.53. The van der Waals surface area contributed by atoms with E-state index in [1.54, 1.807) is 0 Å². The average Bonchev–Trinajstić information content (AvgIpc) is 3.11. The van der Waals surface area contributed by atoms with E-state index in [9.17, 15) is 45.6 Å². The van der Waals surface area contributed by atoms with Crippen molar-refractivity contribution in [3.8, 4) is 0 Å². The number of aliphatic hydroxyl groups is 8. The van der Waals surface area contributed by atoms with Gasteiger partial charge in [0.25, 0.3) is 0 Å². The van der Waals surface area contributed by atoms with Gasteiger partial charge >= 0.3 is 0 Å². The second-order valence-electron chi connectivity index (χ2n) is 14.1. The Labute approximate surface area is 298 Å². The number of hydrogen-bond acceptors (Lipinski definition) is 13. The van der Waals surface area contributed by atoms with Crippen LogP contribution in [0.25, 0.3) is 0 Å². The maximum absolute atomic E-state index is 12.9. The van der Waals surface area contributed by atoms with Crippen LogP contribution in [0, 0.1) is 0 Å². The standard InChI is InChI=1S/C36H69NO13/c1-3-5-7-9-11-12-14-15-17-19-25(40)24(37-28(41)20-18-16-13-10-8-6-4-2)23-47-35-33(46)31(44)34(27(22-39)49-35)50-36-32(45)30(43)29(42)26(21-38)48-36/h24-27,29-36,38-40,42-46H,3-23H2,1-2H3,(H,37,41)/t24-,25+,26+,27+,29-,30?,31?,32?,33?,34+,35+,36-/m0/s1. The van der Waals surface area contributed by atoms with Gasteiger partial charge in [-0.2, -0.15) is 0 Å². The molecule has 9 N–H and O–H groups in total. The van der Waals surface area contributed by atoms with Gasteiger partial charge in [0.05, 0.1) is 32.0 Å². The van der Waals surface area contributed by atoms with Crippen molar-refractivity contribution < 1.29 is 64.6 Å². The SMILES string of the molecule is CCCCCCCCCCC[C@@H](O)[C@H](CO[C@@H]1O[C@H](CO)[C@@H](O[C@@H]2O[C@H](CO)[C@H](O)C(O)C2O)C(O)C1O)NC(=O)CCCCCCCCC. The van der Waals surface area contributed by atoms with E-state index in [-0.39, 0.29) is 12.5 Å². The molecule has 2 heterocycles. The highest BCUT2D eigenvalue weighted by atomic mass is 16.7. The molecule has 0 aromatic heterocycles. The lowest BCUT2D eigenvalue weighted by atomic mass is 9.97. The van der Waals surface area contributed by atoms with Crippen LogP contribution in [-0.4, -0.2) is 140 Å². The van der Waals surface area contributed by atoms with Gasteiger partial charge in [0.2, 0.25) is 5.91 Å². The van der Waals surface area contributed by atoms with Crippen LogP contribution in [0.5, 0.6) is 0 Å². The van der Waals surface area contributed by atoms with Crippen LogP contribution in [0.1, 0.15) is 129 Å². The van der Waals surface area contributed by atoms with Crippen LogP contribution in [0.3, 0.4) is 0 Å². The minimum atomic E-state index is -1.77. The maximum atomic E-state index is 12.9. The average molecular weight is 724 g/mol. The minimum Gasteiger partial charge on any atom is -0.394 e. The highest BCUT2D eigenvalue weighted by Crippen LogP contribution is 2.30. The molecular formula is C36H69NO13. The molecule has 1 amide bonds. The smallest absolute Gasteiger partial charge is 0.220 e. The zero-order valence-corrected chi connectivity index (χ0v) is 30.4. The van der Waals surface area contributed by atoms with Gasteiger partial charge < -0.3 is 65.1 Å². The van der Waals surface area contributed by atoms with E-state index in [2.05, 4.69) is 19.2 Å². The summed E-state index contributed by atoms with van der Waals surface area (Å²) in [5, 5.41) is 85.9. The molecule has 50 heavy (non-hydrogen) atoms. The molecule has 2 saturated heterocycles. The molecule has 0 spiro atoms. The first kappa shape index (κ1) is 45.1. The maximum Gasteiger partial charge on any atom is 0.220 e. The third kappa shape index (κ3) is 15.5. The van der Waals surface area contributed by atoms with E-state index < -0.39 is 86.8 Å². The molecule has 2 fully saturated rings. The fourth-order valence-corrected chi connectivity index (χ4v) is 6.53. The first-order valence-corrected chi connectivity index (χ1v) is 19.3. The number of hydrogen-bond donors (Lipinski definition) is 9. The summed E-state index contributed by atoms with van der Waals surface area (Å²) < 4.78 is 22.5. The zero-order chi connectivity index (χ0) is 36.9. The summed E-state index contributed by atoms with van der Waals surface area (Å²) in [5.74, 6) is -0.218. The van der Waals surface area contributed by atoms with E-state index in [1.165, 1.54) is 51.4 Å². The Hall–Kier alpha value is -1.01. The molecular weight excluding hydrogens is 654 g/mol. The molecule has 296 valence electrons. The van der Waals surface area contributed by atoms with Gasteiger partial charge in [-0.05, 0) is 12.8 Å². The summed E-state index contributed by atoms with van der Waals surface area (Å²) in [5.41, 5.74) is 0. The van der Waals surface area contributed by atoms with Crippen LogP contribution >= 0.6 is 0 Å². The van der Waals surface area contributed by atoms with Crippen LogP contribution < -0.4 is 5.32 Å². The topological polar surface area (TPSA) is 228 Å². The number of carbonyl (C=O) groups is 1. The molecule has 2 rings (SSSR count). The van der Waals surface area contributed by atoms with Crippen molar-refractivity contribution >= 4 is 5.91 Å².